The quantitative estimate of drug-likeness (QED) is 0.495. The van der Waals surface area contributed by atoms with Crippen molar-refractivity contribution in [2.24, 2.45) is 0 Å². The van der Waals surface area contributed by atoms with Gasteiger partial charge in [0.25, 0.3) is 5.91 Å². The number of nitrogens with zero attached hydrogens (tertiary/aromatic N) is 4. The van der Waals surface area contributed by atoms with Crippen LogP contribution < -0.4 is 5.32 Å². The summed E-state index contributed by atoms with van der Waals surface area (Å²) in [7, 11) is 0. The summed E-state index contributed by atoms with van der Waals surface area (Å²) < 4.78 is 3.68. The summed E-state index contributed by atoms with van der Waals surface area (Å²) in [5.74, 6) is -0.197. The van der Waals surface area contributed by atoms with Gasteiger partial charge in [-0.15, -0.1) is 11.3 Å². The number of carbonyl (C=O) groups is 1. The first-order chi connectivity index (χ1) is 13.8. The third-order valence-electron chi connectivity index (χ3n) is 4.40. The van der Waals surface area contributed by atoms with Gasteiger partial charge < -0.3 is 5.32 Å². The van der Waals surface area contributed by atoms with Crippen LogP contribution in [0.3, 0.4) is 0 Å². The van der Waals surface area contributed by atoms with Gasteiger partial charge in [0, 0.05) is 35.2 Å². The number of nitrogens with one attached hydrogen (secondary N) is 1. The number of hydrogen-bond donors (Lipinski definition) is 1. The highest BCUT2D eigenvalue weighted by Crippen LogP contribution is 2.23. The summed E-state index contributed by atoms with van der Waals surface area (Å²) in [6, 6.07) is 17.3. The van der Waals surface area contributed by atoms with E-state index >= 15 is 0 Å². The Morgan fingerprint density at radius 2 is 1.82 bits per heavy atom. The lowest BCUT2D eigenvalue weighted by Crippen LogP contribution is -2.10. The van der Waals surface area contributed by atoms with E-state index in [-0.39, 0.29) is 5.91 Å². The van der Waals surface area contributed by atoms with Crippen molar-refractivity contribution in [1.82, 2.24) is 19.2 Å². The zero-order chi connectivity index (χ0) is 18.9. The molecule has 0 aliphatic rings. The van der Waals surface area contributed by atoms with Crippen molar-refractivity contribution >= 4 is 27.9 Å². The van der Waals surface area contributed by atoms with E-state index in [4.69, 9.17) is 0 Å². The first-order valence-electron chi connectivity index (χ1n) is 8.70. The zero-order valence-corrected chi connectivity index (χ0v) is 15.5. The predicted molar refractivity (Wildman–Crippen MR) is 110 cm³/mol. The number of imidazole rings is 1. The van der Waals surface area contributed by atoms with E-state index in [1.165, 1.54) is 0 Å². The molecule has 5 rings (SSSR count). The number of thiazole rings is 1. The van der Waals surface area contributed by atoms with E-state index < -0.39 is 0 Å². The molecule has 3 aromatic heterocycles. The molecule has 5 aromatic rings. The molecule has 136 valence electrons. The van der Waals surface area contributed by atoms with Crippen LogP contribution in [0.4, 0.5) is 5.69 Å². The molecule has 0 saturated carbocycles. The molecular formula is C21H15N5OS. The van der Waals surface area contributed by atoms with Crippen LogP contribution >= 0.6 is 11.3 Å². The van der Waals surface area contributed by atoms with Crippen LogP contribution in [0.1, 0.15) is 10.4 Å². The van der Waals surface area contributed by atoms with Crippen molar-refractivity contribution in [3.8, 4) is 16.9 Å². The largest absolute Gasteiger partial charge is 0.322 e. The minimum absolute atomic E-state index is 0.197. The molecule has 0 fully saturated rings. The van der Waals surface area contributed by atoms with E-state index in [2.05, 4.69) is 15.4 Å². The van der Waals surface area contributed by atoms with Crippen LogP contribution in [-0.4, -0.2) is 25.1 Å². The van der Waals surface area contributed by atoms with Crippen LogP contribution in [0.25, 0.3) is 21.9 Å². The molecule has 1 N–H and O–H groups in total. The molecule has 1 amide bonds. The SMILES string of the molecule is O=C(Nc1ccc(-c2cn3ccsc3n2)cc1)c1cnn(-c2ccccc2)c1. The molecular weight excluding hydrogens is 370 g/mol. The van der Waals surface area contributed by atoms with Crippen molar-refractivity contribution < 1.29 is 4.79 Å². The van der Waals surface area contributed by atoms with Gasteiger partial charge in [0.05, 0.1) is 23.1 Å². The van der Waals surface area contributed by atoms with Gasteiger partial charge in [0.15, 0.2) is 4.96 Å². The van der Waals surface area contributed by atoms with E-state index in [0.29, 0.717) is 5.56 Å². The molecule has 0 aliphatic heterocycles. The highest BCUT2D eigenvalue weighted by molar-refractivity contribution is 7.15. The van der Waals surface area contributed by atoms with Crippen molar-refractivity contribution in [3.63, 3.8) is 0 Å². The highest BCUT2D eigenvalue weighted by Gasteiger charge is 2.11. The average Bonchev–Trinajstić information content (AvgIpc) is 3.45. The van der Waals surface area contributed by atoms with E-state index in [9.17, 15) is 4.79 Å². The second-order valence-corrected chi connectivity index (χ2v) is 7.13. The van der Waals surface area contributed by atoms with Gasteiger partial charge >= 0.3 is 0 Å². The van der Waals surface area contributed by atoms with E-state index in [1.807, 2.05) is 76.8 Å². The Kier molecular flexibility index (Phi) is 3.99. The topological polar surface area (TPSA) is 64.2 Å². The molecule has 0 atom stereocenters. The molecule has 0 saturated heterocycles. The van der Waals surface area contributed by atoms with E-state index in [0.717, 1.165) is 27.6 Å². The fourth-order valence-corrected chi connectivity index (χ4v) is 3.66. The molecule has 0 unspecified atom stereocenters. The van der Waals surface area contributed by atoms with Gasteiger partial charge in [0.2, 0.25) is 0 Å². The number of fused-ring (bicyclic) bond motifs is 1. The summed E-state index contributed by atoms with van der Waals surface area (Å²) in [5, 5.41) is 9.18. The van der Waals surface area contributed by atoms with Crippen LogP contribution in [0, 0.1) is 0 Å². The Morgan fingerprint density at radius 3 is 2.61 bits per heavy atom. The van der Waals surface area contributed by atoms with Crippen molar-refractivity contribution in [2.75, 3.05) is 5.32 Å². The number of rotatable bonds is 4. The summed E-state index contributed by atoms with van der Waals surface area (Å²) in [6.07, 6.45) is 7.27. The normalized spacial score (nSPS) is 11.0. The standard InChI is InChI=1S/C21H15N5OS/c27-20(16-12-22-26(13-16)18-4-2-1-3-5-18)23-17-8-6-15(7-9-17)19-14-25-10-11-28-21(25)24-19/h1-14H,(H,23,27). The molecule has 7 heteroatoms. The van der Waals surface area contributed by atoms with Crippen molar-refractivity contribution in [2.45, 2.75) is 0 Å². The van der Waals surface area contributed by atoms with Gasteiger partial charge in [-0.05, 0) is 24.3 Å². The van der Waals surface area contributed by atoms with E-state index in [1.54, 1.807) is 28.4 Å². The maximum atomic E-state index is 12.5. The van der Waals surface area contributed by atoms with Gasteiger partial charge in [-0.2, -0.15) is 5.10 Å². The summed E-state index contributed by atoms with van der Waals surface area (Å²) in [6.45, 7) is 0. The highest BCUT2D eigenvalue weighted by atomic mass is 32.1. The number of para-hydroxylation sites is 1. The third kappa shape index (κ3) is 3.08. The van der Waals surface area contributed by atoms with Crippen molar-refractivity contribution in [3.05, 3.63) is 90.3 Å². The smallest absolute Gasteiger partial charge is 0.258 e. The first kappa shape index (κ1) is 16.5. The lowest BCUT2D eigenvalue weighted by Gasteiger charge is -2.04. The number of anilines is 1. The Balaban J connectivity index is 1.31. The Bertz CT molecular complexity index is 1220. The maximum Gasteiger partial charge on any atom is 0.258 e. The first-order valence-corrected chi connectivity index (χ1v) is 9.58. The maximum absolute atomic E-state index is 12.5. The predicted octanol–water partition coefficient (Wildman–Crippen LogP) is 4.50. The van der Waals surface area contributed by atoms with Gasteiger partial charge in [-0.3, -0.25) is 9.20 Å². The van der Waals surface area contributed by atoms with Crippen LogP contribution in [0.2, 0.25) is 0 Å². The number of aromatic nitrogens is 4. The molecule has 0 spiro atoms. The van der Waals surface area contributed by atoms with Crippen LogP contribution in [0.5, 0.6) is 0 Å². The molecule has 2 aromatic carbocycles. The lowest BCUT2D eigenvalue weighted by molar-refractivity contribution is 0.102. The Morgan fingerprint density at radius 1 is 1.00 bits per heavy atom. The van der Waals surface area contributed by atoms with Crippen LogP contribution in [-0.2, 0) is 0 Å². The van der Waals surface area contributed by atoms with Crippen molar-refractivity contribution in [1.29, 1.82) is 0 Å². The Labute approximate surface area is 164 Å². The van der Waals surface area contributed by atoms with Gasteiger partial charge in [-0.1, -0.05) is 30.3 Å². The molecule has 0 radical (unpaired) electrons. The second kappa shape index (κ2) is 6.79. The van der Waals surface area contributed by atoms with Gasteiger partial charge in [0.1, 0.15) is 0 Å². The average molecular weight is 385 g/mol. The van der Waals surface area contributed by atoms with Gasteiger partial charge in [-0.25, -0.2) is 9.67 Å². The zero-order valence-electron chi connectivity index (χ0n) is 14.7. The number of amides is 1. The number of benzene rings is 2. The minimum Gasteiger partial charge on any atom is -0.322 e. The summed E-state index contributed by atoms with van der Waals surface area (Å²) in [4.78, 5) is 18.1. The lowest BCUT2D eigenvalue weighted by atomic mass is 10.1. The fourth-order valence-electron chi connectivity index (χ4n) is 2.96. The summed E-state index contributed by atoms with van der Waals surface area (Å²) in [5.41, 5.74) is 4.05. The number of carbonyl (C=O) groups excluding carboxylic acids is 1. The van der Waals surface area contributed by atoms with Crippen LogP contribution in [0.15, 0.2) is 84.8 Å². The molecule has 0 bridgehead atoms. The molecule has 0 aliphatic carbocycles. The second-order valence-electron chi connectivity index (χ2n) is 6.26. The Hall–Kier alpha value is -3.71. The minimum atomic E-state index is -0.197. The molecule has 3 heterocycles. The molecule has 6 nitrogen and oxygen atoms in total. The summed E-state index contributed by atoms with van der Waals surface area (Å²) >= 11 is 1.60. The third-order valence-corrected chi connectivity index (χ3v) is 5.17. The monoisotopic (exact) mass is 385 g/mol. The molecule has 28 heavy (non-hydrogen) atoms. The number of hydrogen-bond acceptors (Lipinski definition) is 4. The fraction of sp³-hybridized carbons (Fsp3) is 0.